The third-order valence-corrected chi connectivity index (χ3v) is 5.44. The Labute approximate surface area is 169 Å². The lowest BCUT2D eigenvalue weighted by atomic mass is 10.1. The number of imidazole rings is 1. The summed E-state index contributed by atoms with van der Waals surface area (Å²) in [5.74, 6) is -1.10. The van der Waals surface area contributed by atoms with Gasteiger partial charge in [-0.3, -0.25) is 9.69 Å². The van der Waals surface area contributed by atoms with Gasteiger partial charge in [0.25, 0.3) is 5.91 Å². The molecule has 28 heavy (non-hydrogen) atoms. The molecule has 1 amide bonds. The first-order chi connectivity index (χ1) is 13.5. The summed E-state index contributed by atoms with van der Waals surface area (Å²) in [6, 6.07) is 7.32. The van der Waals surface area contributed by atoms with Crippen molar-refractivity contribution in [2.75, 3.05) is 32.7 Å². The van der Waals surface area contributed by atoms with Gasteiger partial charge in [-0.25, -0.2) is 13.8 Å². The second-order valence-corrected chi connectivity index (χ2v) is 7.65. The maximum Gasteiger partial charge on any atom is 0.257 e. The number of hydrogen-bond donors (Lipinski definition) is 0. The SMILES string of the molecule is O=C(c1cccn2cc(Br)nc12)N1CCN(CCc2ccc(F)cc2F)CC1. The van der Waals surface area contributed by atoms with Gasteiger partial charge < -0.3 is 9.30 Å². The van der Waals surface area contributed by atoms with Crippen molar-refractivity contribution in [2.45, 2.75) is 6.42 Å². The molecule has 1 saturated heterocycles. The van der Waals surface area contributed by atoms with Crippen LogP contribution < -0.4 is 0 Å². The lowest BCUT2D eigenvalue weighted by Gasteiger charge is -2.34. The molecule has 4 rings (SSSR count). The van der Waals surface area contributed by atoms with Crippen molar-refractivity contribution >= 4 is 27.5 Å². The molecular formula is C20H19BrF2N4O. The summed E-state index contributed by atoms with van der Waals surface area (Å²) in [7, 11) is 0. The molecule has 0 saturated carbocycles. The van der Waals surface area contributed by atoms with E-state index in [0.29, 0.717) is 47.4 Å². The normalized spacial score (nSPS) is 15.3. The first-order valence-electron chi connectivity index (χ1n) is 9.10. The van der Waals surface area contributed by atoms with E-state index in [1.807, 2.05) is 27.8 Å². The smallest absolute Gasteiger partial charge is 0.257 e. The van der Waals surface area contributed by atoms with Crippen molar-refractivity contribution in [2.24, 2.45) is 0 Å². The quantitative estimate of drug-likeness (QED) is 0.614. The van der Waals surface area contributed by atoms with E-state index < -0.39 is 11.6 Å². The predicted molar refractivity (Wildman–Crippen MR) is 105 cm³/mol. The Morgan fingerprint density at radius 3 is 2.68 bits per heavy atom. The molecule has 2 aromatic heterocycles. The van der Waals surface area contributed by atoms with Crippen LogP contribution in [0.4, 0.5) is 8.78 Å². The van der Waals surface area contributed by atoms with Crippen LogP contribution in [0.2, 0.25) is 0 Å². The summed E-state index contributed by atoms with van der Waals surface area (Å²) in [6.45, 7) is 3.32. The molecule has 8 heteroatoms. The number of amides is 1. The van der Waals surface area contributed by atoms with Crippen LogP contribution in [-0.2, 0) is 6.42 Å². The number of pyridine rings is 1. The second-order valence-electron chi connectivity index (χ2n) is 6.84. The fourth-order valence-electron chi connectivity index (χ4n) is 3.50. The zero-order valence-electron chi connectivity index (χ0n) is 15.1. The van der Waals surface area contributed by atoms with Crippen LogP contribution >= 0.6 is 15.9 Å². The highest BCUT2D eigenvalue weighted by atomic mass is 79.9. The maximum atomic E-state index is 13.8. The molecule has 146 valence electrons. The van der Waals surface area contributed by atoms with Crippen molar-refractivity contribution in [3.8, 4) is 0 Å². The maximum absolute atomic E-state index is 13.8. The number of nitrogens with zero attached hydrogens (tertiary/aromatic N) is 4. The van der Waals surface area contributed by atoms with Crippen LogP contribution in [0, 0.1) is 11.6 Å². The second kappa shape index (κ2) is 7.97. The number of carbonyl (C=O) groups is 1. The Bertz CT molecular complexity index is 1010. The highest BCUT2D eigenvalue weighted by molar-refractivity contribution is 9.10. The standard InChI is InChI=1S/C20H19BrF2N4O/c21-18-13-27-6-1-2-16(19(27)24-18)20(28)26-10-8-25(9-11-26)7-5-14-3-4-15(22)12-17(14)23/h1-4,6,12-13H,5,7-11H2. The molecule has 5 nitrogen and oxygen atoms in total. The van der Waals surface area contributed by atoms with Crippen LogP contribution in [0.15, 0.2) is 47.3 Å². The van der Waals surface area contributed by atoms with Gasteiger partial charge in [0.15, 0.2) is 5.65 Å². The minimum absolute atomic E-state index is 0.0343. The van der Waals surface area contributed by atoms with Crippen molar-refractivity contribution in [1.29, 1.82) is 0 Å². The third-order valence-electron chi connectivity index (χ3n) is 5.06. The molecule has 0 bridgehead atoms. The average molecular weight is 449 g/mol. The van der Waals surface area contributed by atoms with Crippen LogP contribution in [0.3, 0.4) is 0 Å². The summed E-state index contributed by atoms with van der Waals surface area (Å²) in [5.41, 5.74) is 1.72. The number of rotatable bonds is 4. The van der Waals surface area contributed by atoms with Gasteiger partial charge in [-0.15, -0.1) is 0 Å². The Morgan fingerprint density at radius 1 is 1.14 bits per heavy atom. The van der Waals surface area contributed by atoms with E-state index in [4.69, 9.17) is 0 Å². The fraction of sp³-hybridized carbons (Fsp3) is 0.300. The van der Waals surface area contributed by atoms with Crippen molar-refractivity contribution < 1.29 is 13.6 Å². The molecule has 0 aliphatic carbocycles. The minimum Gasteiger partial charge on any atom is -0.336 e. The van der Waals surface area contributed by atoms with Crippen LogP contribution in [0.25, 0.3) is 5.65 Å². The van der Waals surface area contributed by atoms with E-state index in [1.165, 1.54) is 12.1 Å². The zero-order chi connectivity index (χ0) is 19.7. The van der Waals surface area contributed by atoms with Gasteiger partial charge in [0.1, 0.15) is 16.2 Å². The zero-order valence-corrected chi connectivity index (χ0v) is 16.7. The molecule has 3 heterocycles. The number of fused-ring (bicyclic) bond motifs is 1. The van der Waals surface area contributed by atoms with Crippen molar-refractivity contribution in [3.63, 3.8) is 0 Å². The van der Waals surface area contributed by atoms with E-state index in [-0.39, 0.29) is 5.91 Å². The van der Waals surface area contributed by atoms with Gasteiger partial charge in [0.05, 0.1) is 5.56 Å². The number of benzene rings is 1. The van der Waals surface area contributed by atoms with Crippen LogP contribution in [0.1, 0.15) is 15.9 Å². The Morgan fingerprint density at radius 2 is 1.93 bits per heavy atom. The fourth-order valence-corrected chi connectivity index (χ4v) is 3.89. The molecule has 1 fully saturated rings. The molecule has 1 aliphatic heterocycles. The molecule has 0 atom stereocenters. The van der Waals surface area contributed by atoms with Gasteiger partial charge in [-0.05, 0) is 46.1 Å². The number of carbonyl (C=O) groups excluding carboxylic acids is 1. The van der Waals surface area contributed by atoms with Gasteiger partial charge >= 0.3 is 0 Å². The number of halogens is 3. The first kappa shape index (κ1) is 19.0. The van der Waals surface area contributed by atoms with Crippen molar-refractivity contribution in [1.82, 2.24) is 19.2 Å². The van der Waals surface area contributed by atoms with Gasteiger partial charge in [0, 0.05) is 51.2 Å². The Balaban J connectivity index is 1.36. The summed E-state index contributed by atoms with van der Waals surface area (Å²) in [6.07, 6.45) is 4.19. The summed E-state index contributed by atoms with van der Waals surface area (Å²) in [4.78, 5) is 21.3. The molecule has 0 unspecified atom stereocenters. The number of aromatic nitrogens is 2. The van der Waals surface area contributed by atoms with E-state index in [2.05, 4.69) is 25.8 Å². The lowest BCUT2D eigenvalue weighted by Crippen LogP contribution is -2.49. The number of hydrogen-bond acceptors (Lipinski definition) is 3. The van der Waals surface area contributed by atoms with E-state index in [9.17, 15) is 13.6 Å². The van der Waals surface area contributed by atoms with Gasteiger partial charge in [0.2, 0.25) is 0 Å². The topological polar surface area (TPSA) is 40.9 Å². The molecule has 0 spiro atoms. The van der Waals surface area contributed by atoms with E-state index >= 15 is 0 Å². The summed E-state index contributed by atoms with van der Waals surface area (Å²) in [5, 5.41) is 0. The average Bonchev–Trinajstić information content (AvgIpc) is 3.07. The third kappa shape index (κ3) is 3.93. The molecule has 3 aromatic rings. The Hall–Kier alpha value is -2.32. The molecule has 0 N–H and O–H groups in total. The highest BCUT2D eigenvalue weighted by Crippen LogP contribution is 2.18. The minimum atomic E-state index is -0.562. The predicted octanol–water partition coefficient (Wildman–Crippen LogP) is 3.38. The molecular weight excluding hydrogens is 430 g/mol. The van der Waals surface area contributed by atoms with Gasteiger partial charge in [-0.2, -0.15) is 0 Å². The van der Waals surface area contributed by atoms with E-state index in [1.54, 1.807) is 6.07 Å². The van der Waals surface area contributed by atoms with Crippen molar-refractivity contribution in [3.05, 3.63) is 70.1 Å². The monoisotopic (exact) mass is 448 g/mol. The highest BCUT2D eigenvalue weighted by Gasteiger charge is 2.24. The van der Waals surface area contributed by atoms with E-state index in [0.717, 1.165) is 19.2 Å². The first-order valence-corrected chi connectivity index (χ1v) is 9.89. The summed E-state index contributed by atoms with van der Waals surface area (Å²) < 4.78 is 29.3. The largest absolute Gasteiger partial charge is 0.336 e. The van der Waals surface area contributed by atoms with Gasteiger partial charge in [-0.1, -0.05) is 6.07 Å². The lowest BCUT2D eigenvalue weighted by molar-refractivity contribution is 0.0639. The Kier molecular flexibility index (Phi) is 5.41. The van der Waals surface area contributed by atoms with Crippen LogP contribution in [0.5, 0.6) is 0 Å². The number of piperazine rings is 1. The molecule has 1 aromatic carbocycles. The molecule has 0 radical (unpaired) electrons. The van der Waals surface area contributed by atoms with Crippen LogP contribution in [-0.4, -0.2) is 57.8 Å². The summed E-state index contributed by atoms with van der Waals surface area (Å²) >= 11 is 3.35. The molecule has 1 aliphatic rings.